The van der Waals surface area contributed by atoms with Gasteiger partial charge in [0.25, 0.3) is 0 Å². The monoisotopic (exact) mass is 408 g/mol. The van der Waals surface area contributed by atoms with Crippen LogP contribution in [0.5, 0.6) is 0 Å². The maximum Gasteiger partial charge on any atom is 0.222 e. The van der Waals surface area contributed by atoms with Gasteiger partial charge in [-0.2, -0.15) is 0 Å². The number of benzene rings is 1. The van der Waals surface area contributed by atoms with Crippen molar-refractivity contribution in [2.75, 3.05) is 25.1 Å². The predicted octanol–water partition coefficient (Wildman–Crippen LogP) is 1.69. The van der Waals surface area contributed by atoms with Crippen molar-refractivity contribution in [3.63, 3.8) is 0 Å². The Morgan fingerprint density at radius 1 is 1.29 bits per heavy atom. The van der Waals surface area contributed by atoms with Crippen LogP contribution in [0.1, 0.15) is 44.2 Å². The summed E-state index contributed by atoms with van der Waals surface area (Å²) in [5, 5.41) is 6.48. The minimum atomic E-state index is -2.98. The number of aliphatic imine (C=N–C) groups is 1. The minimum absolute atomic E-state index is 0.00927. The zero-order chi connectivity index (χ0) is 20.6. The summed E-state index contributed by atoms with van der Waals surface area (Å²) in [6.07, 6.45) is 3.34. The lowest BCUT2D eigenvalue weighted by molar-refractivity contribution is -0.128. The first-order valence-electron chi connectivity index (χ1n) is 9.85. The smallest absolute Gasteiger partial charge is 0.222 e. The Balaban J connectivity index is 2.02. The van der Waals surface area contributed by atoms with E-state index in [1.807, 2.05) is 43.0 Å². The molecule has 1 aromatic carbocycles. The van der Waals surface area contributed by atoms with Crippen LogP contribution in [0.25, 0.3) is 0 Å². The molecule has 7 nitrogen and oxygen atoms in total. The number of nitrogens with zero attached hydrogens (tertiary/aromatic N) is 2. The number of carbonyl (C=O) groups is 1. The number of hydrogen-bond donors (Lipinski definition) is 2. The van der Waals surface area contributed by atoms with Crippen molar-refractivity contribution < 1.29 is 13.2 Å². The predicted molar refractivity (Wildman–Crippen MR) is 113 cm³/mol. The summed E-state index contributed by atoms with van der Waals surface area (Å²) in [7, 11) is -2.98. The van der Waals surface area contributed by atoms with Crippen molar-refractivity contribution in [1.82, 2.24) is 15.5 Å². The fourth-order valence-corrected chi connectivity index (χ4v) is 3.91. The molecule has 2 rings (SSSR count). The van der Waals surface area contributed by atoms with Crippen molar-refractivity contribution >= 4 is 21.7 Å². The van der Waals surface area contributed by atoms with E-state index < -0.39 is 9.84 Å². The lowest BCUT2D eigenvalue weighted by Crippen LogP contribution is -2.42. The van der Waals surface area contributed by atoms with E-state index in [4.69, 9.17) is 0 Å². The van der Waals surface area contributed by atoms with Crippen molar-refractivity contribution in [2.24, 2.45) is 4.99 Å². The van der Waals surface area contributed by atoms with Crippen LogP contribution in [0.15, 0.2) is 29.3 Å². The fraction of sp³-hybridized carbons (Fsp3) is 0.600. The van der Waals surface area contributed by atoms with Gasteiger partial charge in [0.2, 0.25) is 5.91 Å². The van der Waals surface area contributed by atoms with E-state index in [1.54, 1.807) is 0 Å². The molecule has 1 atom stereocenters. The van der Waals surface area contributed by atoms with E-state index in [0.29, 0.717) is 38.4 Å². The molecular weight excluding hydrogens is 376 g/mol. The molecule has 0 saturated carbocycles. The molecule has 0 spiro atoms. The summed E-state index contributed by atoms with van der Waals surface area (Å²) >= 11 is 0. The second-order valence-corrected chi connectivity index (χ2v) is 9.61. The Labute approximate surface area is 168 Å². The molecule has 8 heteroatoms. The Hall–Kier alpha value is -2.09. The van der Waals surface area contributed by atoms with Crippen LogP contribution in [0, 0.1) is 0 Å². The lowest BCUT2D eigenvalue weighted by atomic mass is 10.1. The van der Waals surface area contributed by atoms with Crippen LogP contribution in [0.4, 0.5) is 0 Å². The molecule has 0 aliphatic carbocycles. The first-order chi connectivity index (χ1) is 13.3. The zero-order valence-electron chi connectivity index (χ0n) is 17.1. The first-order valence-corrected chi connectivity index (χ1v) is 11.9. The van der Waals surface area contributed by atoms with E-state index in [9.17, 15) is 13.2 Å². The summed E-state index contributed by atoms with van der Waals surface area (Å²) in [6.45, 7) is 6.59. The van der Waals surface area contributed by atoms with Gasteiger partial charge in [0.1, 0.15) is 9.84 Å². The van der Waals surface area contributed by atoms with E-state index >= 15 is 0 Å². The maximum absolute atomic E-state index is 11.9. The lowest BCUT2D eigenvalue weighted by Gasteiger charge is -2.19. The van der Waals surface area contributed by atoms with E-state index in [1.165, 1.54) is 6.26 Å². The van der Waals surface area contributed by atoms with Crippen molar-refractivity contribution in [2.45, 2.75) is 52.2 Å². The van der Waals surface area contributed by atoms with Crippen molar-refractivity contribution in [1.29, 1.82) is 0 Å². The summed E-state index contributed by atoms with van der Waals surface area (Å²) in [4.78, 5) is 18.5. The Morgan fingerprint density at radius 2 is 2.00 bits per heavy atom. The number of sulfone groups is 1. The molecule has 0 bridgehead atoms. The Kier molecular flexibility index (Phi) is 8.29. The quantitative estimate of drug-likeness (QED) is 0.479. The van der Waals surface area contributed by atoms with Gasteiger partial charge in [-0.05, 0) is 37.8 Å². The summed E-state index contributed by atoms with van der Waals surface area (Å²) in [6, 6.07) is 8.04. The molecule has 1 saturated heterocycles. The van der Waals surface area contributed by atoms with E-state index in [0.717, 1.165) is 24.1 Å². The molecule has 28 heavy (non-hydrogen) atoms. The number of nitrogens with one attached hydrogen (secondary N) is 2. The molecule has 1 aliphatic heterocycles. The molecule has 1 fully saturated rings. The van der Waals surface area contributed by atoms with Crippen molar-refractivity contribution in [3.05, 3.63) is 35.4 Å². The molecule has 2 N–H and O–H groups in total. The van der Waals surface area contributed by atoms with Crippen LogP contribution in [0.2, 0.25) is 0 Å². The molecule has 0 aromatic heterocycles. The number of rotatable bonds is 9. The van der Waals surface area contributed by atoms with Crippen LogP contribution < -0.4 is 10.6 Å². The minimum Gasteiger partial charge on any atom is -0.357 e. The Bertz CT molecular complexity index is 792. The van der Waals surface area contributed by atoms with E-state index in [-0.39, 0.29) is 17.7 Å². The van der Waals surface area contributed by atoms with Gasteiger partial charge in [-0.25, -0.2) is 13.4 Å². The number of carbonyl (C=O) groups excluding carboxylic acids is 1. The standard InChI is InChI=1S/C20H32N4O3S/c1-4-21-20(23-16(2)11-13-28(3,26)27)22-14-17-8-5-6-9-18(17)15-24-12-7-10-19(24)25/h5-6,8-9,16H,4,7,10-15H2,1-3H3,(H2,21,22,23). The molecule has 1 aliphatic rings. The highest BCUT2D eigenvalue weighted by atomic mass is 32.2. The highest BCUT2D eigenvalue weighted by molar-refractivity contribution is 7.90. The largest absolute Gasteiger partial charge is 0.357 e. The average Bonchev–Trinajstić information content (AvgIpc) is 3.03. The Morgan fingerprint density at radius 3 is 2.61 bits per heavy atom. The number of amides is 1. The highest BCUT2D eigenvalue weighted by Gasteiger charge is 2.20. The van der Waals surface area contributed by atoms with Gasteiger partial charge in [0.05, 0.1) is 12.3 Å². The van der Waals surface area contributed by atoms with Gasteiger partial charge in [-0.1, -0.05) is 24.3 Å². The van der Waals surface area contributed by atoms with Gasteiger partial charge in [-0.15, -0.1) is 0 Å². The van der Waals surface area contributed by atoms with Crippen molar-refractivity contribution in [3.8, 4) is 0 Å². The summed E-state index contributed by atoms with van der Waals surface area (Å²) in [5.74, 6) is 1.02. The van der Waals surface area contributed by atoms with Crippen LogP contribution in [0.3, 0.4) is 0 Å². The molecule has 1 unspecified atom stereocenters. The molecule has 1 amide bonds. The zero-order valence-corrected chi connectivity index (χ0v) is 17.9. The highest BCUT2D eigenvalue weighted by Crippen LogP contribution is 2.17. The summed E-state index contributed by atoms with van der Waals surface area (Å²) < 4.78 is 22.7. The fourth-order valence-electron chi connectivity index (χ4n) is 3.12. The van der Waals surface area contributed by atoms with Crippen LogP contribution in [-0.2, 0) is 27.7 Å². The van der Waals surface area contributed by atoms with Gasteiger partial charge in [0, 0.05) is 38.4 Å². The van der Waals surface area contributed by atoms with Gasteiger partial charge in [0.15, 0.2) is 5.96 Å². The topological polar surface area (TPSA) is 90.9 Å². The van der Waals surface area contributed by atoms with Gasteiger partial charge in [-0.3, -0.25) is 4.79 Å². The SMILES string of the molecule is CCNC(=NCc1ccccc1CN1CCCC1=O)NC(C)CCS(C)(=O)=O. The second kappa shape index (κ2) is 10.5. The third-order valence-electron chi connectivity index (χ3n) is 4.71. The summed E-state index contributed by atoms with van der Waals surface area (Å²) in [5.41, 5.74) is 2.20. The van der Waals surface area contributed by atoms with Gasteiger partial charge >= 0.3 is 0 Å². The number of likely N-dealkylation sites (tertiary alicyclic amines) is 1. The molecule has 1 heterocycles. The normalized spacial score (nSPS) is 16.3. The second-order valence-electron chi connectivity index (χ2n) is 7.35. The maximum atomic E-state index is 11.9. The van der Waals surface area contributed by atoms with Crippen LogP contribution in [-0.4, -0.2) is 56.3 Å². The number of hydrogen-bond acceptors (Lipinski definition) is 4. The van der Waals surface area contributed by atoms with E-state index in [2.05, 4.69) is 15.6 Å². The average molecular weight is 409 g/mol. The van der Waals surface area contributed by atoms with Crippen LogP contribution >= 0.6 is 0 Å². The molecule has 0 radical (unpaired) electrons. The third kappa shape index (κ3) is 7.50. The number of guanidine groups is 1. The first kappa shape index (κ1) is 22.2. The van der Waals surface area contributed by atoms with Gasteiger partial charge < -0.3 is 15.5 Å². The molecule has 1 aromatic rings. The molecular formula is C20H32N4O3S. The third-order valence-corrected chi connectivity index (χ3v) is 5.68. The molecule has 156 valence electrons.